The molecule has 0 saturated heterocycles. The van der Waals surface area contributed by atoms with Crippen molar-refractivity contribution in [3.8, 4) is 0 Å². The van der Waals surface area contributed by atoms with Gasteiger partial charge in [0.1, 0.15) is 0 Å². The van der Waals surface area contributed by atoms with Gasteiger partial charge in [0, 0.05) is 16.5 Å². The third kappa shape index (κ3) is 1.64. The predicted molar refractivity (Wildman–Crippen MR) is 80.6 cm³/mol. The van der Waals surface area contributed by atoms with E-state index >= 15 is 0 Å². The normalized spacial score (nSPS) is 19.9. The van der Waals surface area contributed by atoms with Crippen LogP contribution in [-0.4, -0.2) is 16.6 Å². The van der Waals surface area contributed by atoms with Gasteiger partial charge >= 0.3 is 0 Å². The molecule has 0 spiro atoms. The van der Waals surface area contributed by atoms with Gasteiger partial charge in [-0.1, -0.05) is 46.3 Å². The van der Waals surface area contributed by atoms with E-state index in [1.807, 2.05) is 48.5 Å². The SMILES string of the molecule is O=C1c2ccccc2C2CC(c3ccc(Br)cc3)=NN12. The fourth-order valence-corrected chi connectivity index (χ4v) is 3.13. The summed E-state index contributed by atoms with van der Waals surface area (Å²) in [6.45, 7) is 0. The first-order valence-electron chi connectivity index (χ1n) is 6.50. The Hall–Kier alpha value is -1.94. The van der Waals surface area contributed by atoms with Crippen molar-refractivity contribution in [2.75, 3.05) is 0 Å². The zero-order valence-corrected chi connectivity index (χ0v) is 12.2. The molecule has 3 nitrogen and oxygen atoms in total. The predicted octanol–water partition coefficient (Wildman–Crippen LogP) is 3.75. The lowest BCUT2D eigenvalue weighted by Crippen LogP contribution is -2.17. The molecule has 2 aromatic carbocycles. The summed E-state index contributed by atoms with van der Waals surface area (Å²) in [5.41, 5.74) is 3.93. The highest BCUT2D eigenvalue weighted by atomic mass is 79.9. The maximum Gasteiger partial charge on any atom is 0.274 e. The second-order valence-corrected chi connectivity index (χ2v) is 5.93. The molecular weight excluding hydrogens is 316 g/mol. The van der Waals surface area contributed by atoms with Crippen LogP contribution < -0.4 is 0 Å². The minimum absolute atomic E-state index is 0.0118. The Bertz CT molecular complexity index is 736. The van der Waals surface area contributed by atoms with E-state index in [0.717, 1.165) is 33.3 Å². The van der Waals surface area contributed by atoms with E-state index in [0.29, 0.717) is 0 Å². The quantitative estimate of drug-likeness (QED) is 0.785. The summed E-state index contributed by atoms with van der Waals surface area (Å²) >= 11 is 3.43. The summed E-state index contributed by atoms with van der Waals surface area (Å²) in [7, 11) is 0. The van der Waals surface area contributed by atoms with Gasteiger partial charge in [-0.25, -0.2) is 5.01 Å². The Morgan fingerprint density at radius 1 is 1.10 bits per heavy atom. The lowest BCUT2D eigenvalue weighted by Gasteiger charge is -2.10. The van der Waals surface area contributed by atoms with Crippen LogP contribution in [-0.2, 0) is 0 Å². The van der Waals surface area contributed by atoms with Gasteiger partial charge in [0.15, 0.2) is 0 Å². The van der Waals surface area contributed by atoms with Crippen LogP contribution >= 0.6 is 15.9 Å². The largest absolute Gasteiger partial charge is 0.274 e. The fraction of sp³-hybridized carbons (Fsp3) is 0.125. The number of benzene rings is 2. The lowest BCUT2D eigenvalue weighted by atomic mass is 9.98. The molecule has 0 radical (unpaired) electrons. The Morgan fingerprint density at radius 3 is 2.65 bits per heavy atom. The molecule has 0 aliphatic carbocycles. The van der Waals surface area contributed by atoms with Crippen LogP contribution in [0.15, 0.2) is 58.1 Å². The van der Waals surface area contributed by atoms with E-state index in [2.05, 4.69) is 21.0 Å². The van der Waals surface area contributed by atoms with E-state index in [9.17, 15) is 4.79 Å². The number of halogens is 1. The van der Waals surface area contributed by atoms with Crippen LogP contribution in [0.25, 0.3) is 0 Å². The van der Waals surface area contributed by atoms with Gasteiger partial charge in [-0.15, -0.1) is 0 Å². The first-order valence-corrected chi connectivity index (χ1v) is 7.29. The maximum absolute atomic E-state index is 12.3. The number of hydrazone groups is 1. The molecular formula is C16H11BrN2O. The van der Waals surface area contributed by atoms with Gasteiger partial charge in [-0.05, 0) is 29.3 Å². The average Bonchev–Trinajstić information content (AvgIpc) is 3.01. The fourth-order valence-electron chi connectivity index (χ4n) is 2.86. The summed E-state index contributed by atoms with van der Waals surface area (Å²) in [5.74, 6) is 0.0118. The van der Waals surface area contributed by atoms with Crippen molar-refractivity contribution >= 4 is 27.5 Å². The first kappa shape index (κ1) is 11.9. The molecule has 1 atom stereocenters. The van der Waals surface area contributed by atoms with Crippen LogP contribution in [0.2, 0.25) is 0 Å². The summed E-state index contributed by atoms with van der Waals surface area (Å²) in [6.07, 6.45) is 0.782. The van der Waals surface area contributed by atoms with Crippen molar-refractivity contribution in [3.05, 3.63) is 69.7 Å². The molecule has 0 fully saturated rings. The van der Waals surface area contributed by atoms with Crippen LogP contribution in [0.1, 0.15) is 33.9 Å². The first-order chi connectivity index (χ1) is 9.74. The number of carbonyl (C=O) groups is 1. The number of carbonyl (C=O) groups excluding carboxylic acids is 1. The van der Waals surface area contributed by atoms with Crippen molar-refractivity contribution in [2.24, 2.45) is 5.10 Å². The van der Waals surface area contributed by atoms with Gasteiger partial charge in [-0.2, -0.15) is 5.10 Å². The van der Waals surface area contributed by atoms with Crippen molar-refractivity contribution in [3.63, 3.8) is 0 Å². The molecule has 2 heterocycles. The van der Waals surface area contributed by atoms with Gasteiger partial charge in [0.25, 0.3) is 5.91 Å². The van der Waals surface area contributed by atoms with Gasteiger partial charge < -0.3 is 0 Å². The Balaban J connectivity index is 1.72. The van der Waals surface area contributed by atoms with Crippen molar-refractivity contribution < 1.29 is 4.79 Å². The number of hydrogen-bond acceptors (Lipinski definition) is 2. The zero-order valence-electron chi connectivity index (χ0n) is 10.6. The van der Waals surface area contributed by atoms with Crippen LogP contribution in [0.5, 0.6) is 0 Å². The van der Waals surface area contributed by atoms with Crippen molar-refractivity contribution in [1.82, 2.24) is 5.01 Å². The molecule has 0 N–H and O–H groups in total. The Morgan fingerprint density at radius 2 is 1.85 bits per heavy atom. The Kier molecular flexibility index (Phi) is 2.54. The van der Waals surface area contributed by atoms with Crippen LogP contribution in [0.3, 0.4) is 0 Å². The summed E-state index contributed by atoms with van der Waals surface area (Å²) < 4.78 is 1.04. The number of rotatable bonds is 1. The van der Waals surface area contributed by atoms with Crippen LogP contribution in [0, 0.1) is 0 Å². The zero-order chi connectivity index (χ0) is 13.7. The molecule has 4 rings (SSSR count). The summed E-state index contributed by atoms with van der Waals surface area (Å²) in [4.78, 5) is 12.3. The number of hydrogen-bond donors (Lipinski definition) is 0. The topological polar surface area (TPSA) is 32.7 Å². The molecule has 2 aliphatic heterocycles. The molecule has 2 aliphatic rings. The standard InChI is InChI=1S/C16H11BrN2O/c17-11-7-5-10(6-8-11)14-9-15-12-3-1-2-4-13(12)16(20)19(15)18-14/h1-8,15H,9H2. The maximum atomic E-state index is 12.3. The second-order valence-electron chi connectivity index (χ2n) is 5.01. The highest BCUT2D eigenvalue weighted by molar-refractivity contribution is 9.10. The number of fused-ring (bicyclic) bond motifs is 3. The molecule has 0 bridgehead atoms. The molecule has 98 valence electrons. The third-order valence-electron chi connectivity index (χ3n) is 3.85. The van der Waals surface area contributed by atoms with E-state index in [4.69, 9.17) is 0 Å². The highest BCUT2D eigenvalue weighted by Gasteiger charge is 2.41. The summed E-state index contributed by atoms with van der Waals surface area (Å²) in [6, 6.07) is 15.9. The summed E-state index contributed by atoms with van der Waals surface area (Å²) in [5, 5.41) is 6.16. The minimum atomic E-state index is 0.0118. The molecule has 20 heavy (non-hydrogen) atoms. The molecule has 0 saturated carbocycles. The monoisotopic (exact) mass is 326 g/mol. The second kappa shape index (κ2) is 4.28. The van der Waals surface area contributed by atoms with E-state index < -0.39 is 0 Å². The Labute approximate surface area is 125 Å². The smallest absolute Gasteiger partial charge is 0.267 e. The van der Waals surface area contributed by atoms with Gasteiger partial charge in [-0.3, -0.25) is 4.79 Å². The van der Waals surface area contributed by atoms with E-state index in [-0.39, 0.29) is 11.9 Å². The number of nitrogens with zero attached hydrogens (tertiary/aromatic N) is 2. The van der Waals surface area contributed by atoms with Crippen molar-refractivity contribution in [2.45, 2.75) is 12.5 Å². The third-order valence-corrected chi connectivity index (χ3v) is 4.37. The van der Waals surface area contributed by atoms with E-state index in [1.165, 1.54) is 0 Å². The molecule has 0 aromatic heterocycles. The minimum Gasteiger partial charge on any atom is -0.267 e. The van der Waals surface area contributed by atoms with Gasteiger partial charge in [0.05, 0.1) is 11.8 Å². The average molecular weight is 327 g/mol. The lowest BCUT2D eigenvalue weighted by molar-refractivity contribution is 0.0756. The highest BCUT2D eigenvalue weighted by Crippen LogP contribution is 2.40. The van der Waals surface area contributed by atoms with Crippen LogP contribution in [0.4, 0.5) is 0 Å². The van der Waals surface area contributed by atoms with E-state index in [1.54, 1.807) is 5.01 Å². The van der Waals surface area contributed by atoms with Gasteiger partial charge in [0.2, 0.25) is 0 Å². The number of amides is 1. The van der Waals surface area contributed by atoms with Crippen molar-refractivity contribution in [1.29, 1.82) is 0 Å². The molecule has 2 aromatic rings. The molecule has 1 unspecified atom stereocenters. The molecule has 4 heteroatoms. The molecule has 1 amide bonds.